The van der Waals surface area contributed by atoms with Crippen LogP contribution in [0.1, 0.15) is 18.3 Å². The van der Waals surface area contributed by atoms with E-state index in [0.717, 1.165) is 5.06 Å². The van der Waals surface area contributed by atoms with Gasteiger partial charge in [0.05, 0.1) is 18.5 Å². The Balaban J connectivity index is 3.02. The van der Waals surface area contributed by atoms with Crippen LogP contribution in [0.4, 0.5) is 0 Å². The van der Waals surface area contributed by atoms with E-state index < -0.39 is 0 Å². The summed E-state index contributed by atoms with van der Waals surface area (Å²) in [6, 6.07) is 0. The average Bonchev–Trinajstić information content (AvgIpc) is 2.37. The third kappa shape index (κ3) is 3.22. The van der Waals surface area contributed by atoms with Crippen molar-refractivity contribution in [3.05, 3.63) is 35.9 Å². The molecule has 0 fully saturated rings. The van der Waals surface area contributed by atoms with Crippen molar-refractivity contribution in [2.75, 3.05) is 14.2 Å². The van der Waals surface area contributed by atoms with Gasteiger partial charge in [-0.3, -0.25) is 19.6 Å². The lowest BCUT2D eigenvalue weighted by Crippen LogP contribution is -2.25. The van der Waals surface area contributed by atoms with Crippen molar-refractivity contribution in [1.29, 1.82) is 0 Å². The van der Waals surface area contributed by atoms with Gasteiger partial charge in [-0.05, 0) is 19.1 Å². The lowest BCUT2D eigenvalue weighted by Gasteiger charge is -2.13. The molecule has 0 radical (unpaired) electrons. The van der Waals surface area contributed by atoms with Crippen LogP contribution in [0, 0.1) is 0 Å². The molecule has 0 aliphatic heterocycles. The summed E-state index contributed by atoms with van der Waals surface area (Å²) < 4.78 is 0. The maximum Gasteiger partial charge on any atom is 0.272 e. The highest BCUT2D eigenvalue weighted by Crippen LogP contribution is 2.10. The number of hydrogen-bond acceptors (Lipinski definition) is 4. The first-order chi connectivity index (χ1) is 8.10. The van der Waals surface area contributed by atoms with E-state index in [-0.39, 0.29) is 5.91 Å². The zero-order chi connectivity index (χ0) is 12.8. The smallest absolute Gasteiger partial charge is 0.272 e. The van der Waals surface area contributed by atoms with Crippen molar-refractivity contribution in [3.63, 3.8) is 0 Å². The molecule has 0 N–H and O–H groups in total. The third-order valence-corrected chi connectivity index (χ3v) is 2.20. The SMILES string of the molecule is C=Cc1nccnc1C=C(C)C(=O)N(C)OC. The Morgan fingerprint density at radius 2 is 2.00 bits per heavy atom. The van der Waals surface area contributed by atoms with E-state index >= 15 is 0 Å². The monoisotopic (exact) mass is 233 g/mol. The fraction of sp³-hybridized carbons (Fsp3) is 0.250. The summed E-state index contributed by atoms with van der Waals surface area (Å²) in [5, 5.41) is 1.15. The second-order valence-corrected chi connectivity index (χ2v) is 3.34. The molecule has 0 atom stereocenters. The van der Waals surface area contributed by atoms with Crippen LogP contribution in [0.2, 0.25) is 0 Å². The molecule has 0 saturated heterocycles. The lowest BCUT2D eigenvalue weighted by molar-refractivity contribution is -0.163. The van der Waals surface area contributed by atoms with E-state index in [0.29, 0.717) is 17.0 Å². The Morgan fingerprint density at radius 3 is 2.53 bits per heavy atom. The molecule has 0 spiro atoms. The Labute approximate surface area is 100 Å². The number of rotatable bonds is 4. The summed E-state index contributed by atoms with van der Waals surface area (Å²) in [7, 11) is 2.98. The van der Waals surface area contributed by atoms with E-state index in [2.05, 4.69) is 16.5 Å². The maximum absolute atomic E-state index is 11.7. The highest BCUT2D eigenvalue weighted by molar-refractivity contribution is 5.96. The minimum absolute atomic E-state index is 0.229. The molecule has 90 valence electrons. The van der Waals surface area contributed by atoms with Crippen LogP contribution < -0.4 is 0 Å². The summed E-state index contributed by atoms with van der Waals surface area (Å²) in [4.78, 5) is 24.8. The van der Waals surface area contributed by atoms with E-state index in [1.807, 2.05) is 0 Å². The number of amides is 1. The van der Waals surface area contributed by atoms with Crippen LogP contribution in [0.5, 0.6) is 0 Å². The van der Waals surface area contributed by atoms with E-state index in [4.69, 9.17) is 4.84 Å². The fourth-order valence-electron chi connectivity index (χ4n) is 1.23. The molecule has 0 aliphatic carbocycles. The van der Waals surface area contributed by atoms with Crippen LogP contribution in [-0.4, -0.2) is 35.1 Å². The third-order valence-electron chi connectivity index (χ3n) is 2.20. The number of nitrogens with zero attached hydrogens (tertiary/aromatic N) is 3. The Kier molecular flexibility index (Phi) is 4.54. The van der Waals surface area contributed by atoms with Gasteiger partial charge < -0.3 is 0 Å². The van der Waals surface area contributed by atoms with Gasteiger partial charge >= 0.3 is 0 Å². The van der Waals surface area contributed by atoms with Gasteiger partial charge in [0.25, 0.3) is 5.91 Å². The number of hydroxylamine groups is 2. The van der Waals surface area contributed by atoms with Gasteiger partial charge in [0.1, 0.15) is 0 Å². The van der Waals surface area contributed by atoms with Crippen molar-refractivity contribution >= 4 is 18.1 Å². The topological polar surface area (TPSA) is 55.3 Å². The van der Waals surface area contributed by atoms with Crippen LogP contribution in [0.3, 0.4) is 0 Å². The quantitative estimate of drug-likeness (QED) is 0.584. The van der Waals surface area contributed by atoms with Gasteiger partial charge in [0, 0.05) is 25.0 Å². The molecule has 5 heteroatoms. The van der Waals surface area contributed by atoms with Crippen molar-refractivity contribution < 1.29 is 9.63 Å². The molecule has 0 unspecified atom stereocenters. The van der Waals surface area contributed by atoms with Crippen LogP contribution in [0.25, 0.3) is 12.2 Å². The largest absolute Gasteiger partial charge is 0.274 e. The summed E-state index contributed by atoms with van der Waals surface area (Å²) in [5.41, 5.74) is 1.76. The summed E-state index contributed by atoms with van der Waals surface area (Å²) in [5.74, 6) is -0.229. The summed E-state index contributed by atoms with van der Waals surface area (Å²) >= 11 is 0. The number of likely N-dealkylation sites (N-methyl/N-ethyl adjacent to an activating group) is 1. The molecule has 0 aliphatic rings. The van der Waals surface area contributed by atoms with Gasteiger partial charge in [-0.1, -0.05) is 6.58 Å². The predicted molar refractivity (Wildman–Crippen MR) is 65.6 cm³/mol. The first kappa shape index (κ1) is 13.1. The van der Waals surface area contributed by atoms with Crippen molar-refractivity contribution in [1.82, 2.24) is 15.0 Å². The number of hydrogen-bond donors (Lipinski definition) is 0. The van der Waals surface area contributed by atoms with Gasteiger partial charge in [-0.25, -0.2) is 5.06 Å². The minimum atomic E-state index is -0.229. The highest BCUT2D eigenvalue weighted by atomic mass is 16.7. The molecular weight excluding hydrogens is 218 g/mol. The van der Waals surface area contributed by atoms with Crippen molar-refractivity contribution in [2.45, 2.75) is 6.92 Å². The van der Waals surface area contributed by atoms with Gasteiger partial charge in [-0.2, -0.15) is 0 Å². The lowest BCUT2D eigenvalue weighted by atomic mass is 10.2. The van der Waals surface area contributed by atoms with Crippen LogP contribution in [0.15, 0.2) is 24.5 Å². The zero-order valence-electron chi connectivity index (χ0n) is 10.2. The molecule has 17 heavy (non-hydrogen) atoms. The molecule has 5 nitrogen and oxygen atoms in total. The van der Waals surface area contributed by atoms with Crippen LogP contribution in [-0.2, 0) is 9.63 Å². The summed E-state index contributed by atoms with van der Waals surface area (Å²) in [6.07, 6.45) is 6.39. The van der Waals surface area contributed by atoms with E-state index in [1.165, 1.54) is 7.11 Å². The molecule has 1 rings (SSSR count). The molecule has 1 aromatic heterocycles. The van der Waals surface area contributed by atoms with Gasteiger partial charge in [0.2, 0.25) is 0 Å². The molecule has 0 saturated carbocycles. The normalized spacial score (nSPS) is 11.1. The van der Waals surface area contributed by atoms with Gasteiger partial charge in [0.15, 0.2) is 0 Å². The molecular formula is C12H15N3O2. The number of carbonyl (C=O) groups is 1. The highest BCUT2D eigenvalue weighted by Gasteiger charge is 2.11. The second kappa shape index (κ2) is 5.91. The standard InChI is InChI=1S/C12H15N3O2/c1-5-10-11(14-7-6-13-10)8-9(2)12(16)15(3)17-4/h5-8H,1H2,2-4H3. The first-order valence-electron chi connectivity index (χ1n) is 5.04. The second-order valence-electron chi connectivity index (χ2n) is 3.34. The molecule has 0 aromatic carbocycles. The molecule has 1 aromatic rings. The van der Waals surface area contributed by atoms with Gasteiger partial charge in [-0.15, -0.1) is 0 Å². The fourth-order valence-corrected chi connectivity index (χ4v) is 1.23. The predicted octanol–water partition coefficient (Wildman–Crippen LogP) is 1.54. The minimum Gasteiger partial charge on any atom is -0.274 e. The average molecular weight is 233 g/mol. The Morgan fingerprint density at radius 1 is 1.41 bits per heavy atom. The van der Waals surface area contributed by atoms with Crippen LogP contribution >= 0.6 is 0 Å². The maximum atomic E-state index is 11.7. The van der Waals surface area contributed by atoms with E-state index in [9.17, 15) is 4.79 Å². The van der Waals surface area contributed by atoms with Crippen molar-refractivity contribution in [3.8, 4) is 0 Å². The zero-order valence-corrected chi connectivity index (χ0v) is 10.2. The molecule has 1 amide bonds. The molecule has 1 heterocycles. The Hall–Kier alpha value is -2.01. The van der Waals surface area contributed by atoms with E-state index in [1.54, 1.807) is 38.5 Å². The summed E-state index contributed by atoms with van der Waals surface area (Å²) in [6.45, 7) is 5.34. The molecule has 0 bridgehead atoms. The number of aromatic nitrogens is 2. The number of carbonyl (C=O) groups excluding carboxylic acids is 1. The Bertz CT molecular complexity index is 455. The van der Waals surface area contributed by atoms with Crippen molar-refractivity contribution in [2.24, 2.45) is 0 Å². The first-order valence-corrected chi connectivity index (χ1v) is 5.04.